The maximum atomic E-state index is 5.26. The van der Waals surface area contributed by atoms with Gasteiger partial charge in [-0.05, 0) is 32.9 Å². The molecule has 5 heteroatoms. The summed E-state index contributed by atoms with van der Waals surface area (Å²) >= 11 is 0. The zero-order chi connectivity index (χ0) is 12.1. The molecule has 2 rings (SSSR count). The molecule has 1 unspecified atom stereocenters. The quantitative estimate of drug-likeness (QED) is 0.835. The molecule has 0 saturated carbocycles. The summed E-state index contributed by atoms with van der Waals surface area (Å²) < 4.78 is 5.26. The molecule has 17 heavy (non-hydrogen) atoms. The van der Waals surface area contributed by atoms with Gasteiger partial charge < -0.3 is 9.84 Å². The molecular weight excluding hydrogens is 216 g/mol. The fourth-order valence-corrected chi connectivity index (χ4v) is 2.23. The number of hydrogen-bond acceptors (Lipinski definition) is 5. The Morgan fingerprint density at radius 3 is 3.12 bits per heavy atom. The fourth-order valence-electron chi connectivity index (χ4n) is 2.23. The average Bonchev–Trinajstić information content (AvgIpc) is 2.78. The summed E-state index contributed by atoms with van der Waals surface area (Å²) in [6.07, 6.45) is 4.46. The van der Waals surface area contributed by atoms with Crippen molar-refractivity contribution in [2.75, 3.05) is 20.1 Å². The second kappa shape index (κ2) is 6.12. The molecule has 1 aromatic rings. The predicted octanol–water partition coefficient (Wildman–Crippen LogP) is 1.21. The first-order valence-corrected chi connectivity index (χ1v) is 6.52. The summed E-state index contributed by atoms with van der Waals surface area (Å²) in [5.74, 6) is 1.57. The summed E-state index contributed by atoms with van der Waals surface area (Å²) in [7, 11) is 2.13. The van der Waals surface area contributed by atoms with Crippen molar-refractivity contribution in [1.82, 2.24) is 20.4 Å². The molecular formula is C12H22N4O. The fraction of sp³-hybridized carbons (Fsp3) is 0.833. The Labute approximate surface area is 103 Å². The zero-order valence-corrected chi connectivity index (χ0v) is 10.8. The number of aromatic nitrogens is 2. The Morgan fingerprint density at radius 2 is 2.41 bits per heavy atom. The molecule has 0 aromatic carbocycles. The van der Waals surface area contributed by atoms with E-state index in [0.29, 0.717) is 6.04 Å². The zero-order valence-electron chi connectivity index (χ0n) is 10.8. The lowest BCUT2D eigenvalue weighted by Gasteiger charge is -2.30. The summed E-state index contributed by atoms with van der Waals surface area (Å²) in [5.41, 5.74) is 0. The van der Waals surface area contributed by atoms with Crippen molar-refractivity contribution < 1.29 is 4.52 Å². The molecule has 96 valence electrons. The van der Waals surface area contributed by atoms with Gasteiger partial charge in [0.15, 0.2) is 5.82 Å². The summed E-state index contributed by atoms with van der Waals surface area (Å²) in [6.45, 7) is 5.08. The topological polar surface area (TPSA) is 54.2 Å². The van der Waals surface area contributed by atoms with Gasteiger partial charge in [-0.3, -0.25) is 4.90 Å². The lowest BCUT2D eigenvalue weighted by Crippen LogP contribution is -2.43. The molecule has 2 heterocycles. The van der Waals surface area contributed by atoms with Crippen LogP contribution < -0.4 is 5.32 Å². The molecule has 0 aliphatic carbocycles. The molecule has 0 amide bonds. The molecule has 1 aliphatic rings. The Balaban J connectivity index is 1.85. The molecule has 5 nitrogen and oxygen atoms in total. The summed E-state index contributed by atoms with van der Waals surface area (Å²) in [6, 6.07) is 0.588. The van der Waals surface area contributed by atoms with Crippen LogP contribution in [0.15, 0.2) is 4.52 Å². The second-order valence-corrected chi connectivity index (χ2v) is 4.77. The van der Waals surface area contributed by atoms with Crippen LogP contribution >= 0.6 is 0 Å². The van der Waals surface area contributed by atoms with E-state index >= 15 is 0 Å². The van der Waals surface area contributed by atoms with Crippen molar-refractivity contribution in [2.45, 2.75) is 45.2 Å². The monoisotopic (exact) mass is 238 g/mol. The van der Waals surface area contributed by atoms with Gasteiger partial charge in [-0.1, -0.05) is 12.1 Å². The van der Waals surface area contributed by atoms with Gasteiger partial charge in [0.2, 0.25) is 5.89 Å². The molecule has 1 aromatic heterocycles. The van der Waals surface area contributed by atoms with Crippen LogP contribution in [-0.4, -0.2) is 41.2 Å². The standard InChI is InChI=1S/C12H22N4O/c1-3-5-11-14-12(17-15-11)9-16(2)10-6-4-7-13-8-10/h10,13H,3-9H2,1-2H3. The molecule has 0 spiro atoms. The van der Waals surface area contributed by atoms with E-state index < -0.39 is 0 Å². The average molecular weight is 238 g/mol. The number of aryl methyl sites for hydroxylation is 1. The minimum atomic E-state index is 0.588. The van der Waals surface area contributed by atoms with Gasteiger partial charge in [0, 0.05) is 19.0 Å². The van der Waals surface area contributed by atoms with Gasteiger partial charge in [0.05, 0.1) is 6.54 Å². The third-order valence-electron chi connectivity index (χ3n) is 3.26. The van der Waals surface area contributed by atoms with Crippen molar-refractivity contribution in [2.24, 2.45) is 0 Å². The third kappa shape index (κ3) is 3.51. The van der Waals surface area contributed by atoms with Crippen LogP contribution in [0, 0.1) is 0 Å². The van der Waals surface area contributed by atoms with Gasteiger partial charge in [-0.2, -0.15) is 4.98 Å². The van der Waals surface area contributed by atoms with Crippen LogP contribution in [0.25, 0.3) is 0 Å². The van der Waals surface area contributed by atoms with Crippen molar-refractivity contribution >= 4 is 0 Å². The molecule has 0 radical (unpaired) electrons. The van der Waals surface area contributed by atoms with Gasteiger partial charge in [0.25, 0.3) is 0 Å². The highest BCUT2D eigenvalue weighted by Crippen LogP contribution is 2.11. The highest BCUT2D eigenvalue weighted by Gasteiger charge is 2.19. The van der Waals surface area contributed by atoms with E-state index in [9.17, 15) is 0 Å². The normalized spacial score (nSPS) is 21.0. The molecule has 1 N–H and O–H groups in total. The SMILES string of the molecule is CCCc1noc(CN(C)C2CCCNC2)n1. The first-order chi connectivity index (χ1) is 8.29. The minimum absolute atomic E-state index is 0.588. The lowest BCUT2D eigenvalue weighted by molar-refractivity contribution is 0.174. The highest BCUT2D eigenvalue weighted by molar-refractivity contribution is 4.87. The molecule has 0 bridgehead atoms. The van der Waals surface area contributed by atoms with Crippen LogP contribution in [0.3, 0.4) is 0 Å². The van der Waals surface area contributed by atoms with E-state index in [1.54, 1.807) is 0 Å². The number of piperidine rings is 1. The maximum absolute atomic E-state index is 5.26. The van der Waals surface area contributed by atoms with E-state index in [1.807, 2.05) is 0 Å². The van der Waals surface area contributed by atoms with Crippen molar-refractivity contribution in [3.8, 4) is 0 Å². The maximum Gasteiger partial charge on any atom is 0.240 e. The molecule has 1 fully saturated rings. The number of likely N-dealkylation sites (N-methyl/N-ethyl adjacent to an activating group) is 1. The van der Waals surface area contributed by atoms with E-state index in [-0.39, 0.29) is 0 Å². The van der Waals surface area contributed by atoms with Gasteiger partial charge in [-0.15, -0.1) is 0 Å². The Hall–Kier alpha value is -0.940. The number of rotatable bonds is 5. The third-order valence-corrected chi connectivity index (χ3v) is 3.26. The van der Waals surface area contributed by atoms with E-state index in [0.717, 1.165) is 44.2 Å². The number of nitrogens with one attached hydrogen (secondary N) is 1. The van der Waals surface area contributed by atoms with Crippen LogP contribution in [0.4, 0.5) is 0 Å². The molecule has 1 aliphatic heterocycles. The Morgan fingerprint density at radius 1 is 1.53 bits per heavy atom. The van der Waals surface area contributed by atoms with Crippen LogP contribution in [0.5, 0.6) is 0 Å². The highest BCUT2D eigenvalue weighted by atomic mass is 16.5. The van der Waals surface area contributed by atoms with Crippen molar-refractivity contribution in [3.63, 3.8) is 0 Å². The van der Waals surface area contributed by atoms with E-state index in [1.165, 1.54) is 12.8 Å². The first kappa shape index (κ1) is 12.5. The summed E-state index contributed by atoms with van der Waals surface area (Å²) in [4.78, 5) is 6.70. The minimum Gasteiger partial charge on any atom is -0.338 e. The van der Waals surface area contributed by atoms with Crippen LogP contribution in [-0.2, 0) is 13.0 Å². The van der Waals surface area contributed by atoms with Crippen molar-refractivity contribution in [1.29, 1.82) is 0 Å². The van der Waals surface area contributed by atoms with Gasteiger partial charge in [-0.25, -0.2) is 0 Å². The molecule has 1 saturated heterocycles. The predicted molar refractivity (Wildman–Crippen MR) is 65.7 cm³/mol. The number of hydrogen-bond donors (Lipinski definition) is 1. The van der Waals surface area contributed by atoms with Crippen LogP contribution in [0.2, 0.25) is 0 Å². The van der Waals surface area contributed by atoms with E-state index in [2.05, 4.69) is 34.3 Å². The largest absolute Gasteiger partial charge is 0.338 e. The number of nitrogens with zero attached hydrogens (tertiary/aromatic N) is 3. The van der Waals surface area contributed by atoms with Crippen molar-refractivity contribution in [3.05, 3.63) is 11.7 Å². The Bertz CT molecular complexity index is 333. The Kier molecular flexibility index (Phi) is 4.50. The van der Waals surface area contributed by atoms with Gasteiger partial charge in [0.1, 0.15) is 0 Å². The summed E-state index contributed by atoms with van der Waals surface area (Å²) in [5, 5.41) is 7.39. The van der Waals surface area contributed by atoms with Crippen LogP contribution in [0.1, 0.15) is 37.9 Å². The molecule has 1 atom stereocenters. The van der Waals surface area contributed by atoms with E-state index in [4.69, 9.17) is 4.52 Å². The van der Waals surface area contributed by atoms with Gasteiger partial charge >= 0.3 is 0 Å². The second-order valence-electron chi connectivity index (χ2n) is 4.77. The lowest BCUT2D eigenvalue weighted by atomic mass is 10.1. The first-order valence-electron chi connectivity index (χ1n) is 6.52. The smallest absolute Gasteiger partial charge is 0.240 e.